The Kier molecular flexibility index (Phi) is 5.94. The van der Waals surface area contributed by atoms with Gasteiger partial charge in [0.1, 0.15) is 23.9 Å². The third-order valence-electron chi connectivity index (χ3n) is 3.85. The fourth-order valence-corrected chi connectivity index (χ4v) is 2.59. The van der Waals surface area contributed by atoms with E-state index in [0.717, 1.165) is 5.56 Å². The van der Waals surface area contributed by atoms with Gasteiger partial charge in [0.15, 0.2) is 0 Å². The van der Waals surface area contributed by atoms with Crippen molar-refractivity contribution in [2.24, 2.45) is 0 Å². The molecular formula is C21H17ClFNO3. The Balaban J connectivity index is 1.74. The lowest BCUT2D eigenvalue weighted by molar-refractivity contribution is 0.102. The van der Waals surface area contributed by atoms with Gasteiger partial charge in [-0.2, -0.15) is 0 Å². The Morgan fingerprint density at radius 1 is 1.04 bits per heavy atom. The number of hydrogen-bond acceptors (Lipinski definition) is 3. The van der Waals surface area contributed by atoms with Crippen molar-refractivity contribution < 1.29 is 18.7 Å². The first-order chi connectivity index (χ1) is 13.0. The number of benzene rings is 3. The summed E-state index contributed by atoms with van der Waals surface area (Å²) in [6, 6.07) is 17.6. The highest BCUT2D eigenvalue weighted by molar-refractivity contribution is 6.30. The summed E-state index contributed by atoms with van der Waals surface area (Å²) < 4.78 is 24.1. The minimum atomic E-state index is -0.362. The van der Waals surface area contributed by atoms with Crippen molar-refractivity contribution in [1.82, 2.24) is 0 Å². The number of rotatable bonds is 6. The van der Waals surface area contributed by atoms with Gasteiger partial charge in [-0.15, -0.1) is 0 Å². The van der Waals surface area contributed by atoms with Crippen LogP contribution in [0.15, 0.2) is 66.7 Å². The summed E-state index contributed by atoms with van der Waals surface area (Å²) in [5, 5.41) is 3.35. The molecule has 0 bridgehead atoms. The quantitative estimate of drug-likeness (QED) is 0.624. The van der Waals surface area contributed by atoms with Crippen molar-refractivity contribution in [3.8, 4) is 11.5 Å². The van der Waals surface area contributed by atoms with Crippen molar-refractivity contribution >= 4 is 23.2 Å². The number of carbonyl (C=O) groups is 1. The van der Waals surface area contributed by atoms with Gasteiger partial charge in [0.25, 0.3) is 5.91 Å². The first-order valence-corrected chi connectivity index (χ1v) is 8.55. The standard InChI is InChI=1S/C21H17ClFNO3/c1-26-20-11-2-14(21(25)24-18-7-5-17(23)6-8-18)12-15(20)13-27-19-9-3-16(22)4-10-19/h2-12H,13H2,1H3,(H,24,25). The minimum absolute atomic E-state index is 0.225. The van der Waals surface area contributed by atoms with Gasteiger partial charge in [-0.3, -0.25) is 4.79 Å². The first-order valence-electron chi connectivity index (χ1n) is 8.17. The Hall–Kier alpha value is -3.05. The van der Waals surface area contributed by atoms with Crippen LogP contribution in [0.4, 0.5) is 10.1 Å². The molecule has 1 N–H and O–H groups in total. The zero-order chi connectivity index (χ0) is 19.2. The molecule has 6 heteroatoms. The number of anilines is 1. The number of carbonyl (C=O) groups excluding carboxylic acids is 1. The van der Waals surface area contributed by atoms with Crippen molar-refractivity contribution in [3.63, 3.8) is 0 Å². The number of amides is 1. The van der Waals surface area contributed by atoms with Gasteiger partial charge in [-0.25, -0.2) is 4.39 Å². The van der Waals surface area contributed by atoms with Crippen molar-refractivity contribution in [1.29, 1.82) is 0 Å². The van der Waals surface area contributed by atoms with Gasteiger partial charge in [-0.1, -0.05) is 11.6 Å². The van der Waals surface area contributed by atoms with Crippen LogP contribution in [0.5, 0.6) is 11.5 Å². The van der Waals surface area contributed by atoms with Crippen LogP contribution in [0.25, 0.3) is 0 Å². The highest BCUT2D eigenvalue weighted by Crippen LogP contribution is 2.24. The topological polar surface area (TPSA) is 47.6 Å². The van der Waals surface area contributed by atoms with Crippen molar-refractivity contribution in [2.45, 2.75) is 6.61 Å². The normalized spacial score (nSPS) is 10.3. The van der Waals surface area contributed by atoms with Gasteiger partial charge in [-0.05, 0) is 66.7 Å². The van der Waals surface area contributed by atoms with Gasteiger partial charge < -0.3 is 14.8 Å². The Bertz CT molecular complexity index is 927. The van der Waals surface area contributed by atoms with E-state index in [2.05, 4.69) is 5.32 Å². The zero-order valence-electron chi connectivity index (χ0n) is 14.5. The Morgan fingerprint density at radius 3 is 2.41 bits per heavy atom. The molecule has 3 aromatic rings. The van der Waals surface area contributed by atoms with Crippen LogP contribution in [0.1, 0.15) is 15.9 Å². The summed E-state index contributed by atoms with van der Waals surface area (Å²) in [5.41, 5.74) is 1.67. The lowest BCUT2D eigenvalue weighted by Crippen LogP contribution is -2.12. The van der Waals surface area contributed by atoms with E-state index in [1.807, 2.05) is 0 Å². The first kappa shape index (κ1) is 18.7. The molecule has 3 aromatic carbocycles. The van der Waals surface area contributed by atoms with E-state index in [9.17, 15) is 9.18 Å². The molecule has 0 heterocycles. The van der Waals surface area contributed by atoms with E-state index in [-0.39, 0.29) is 18.3 Å². The second-order valence-corrected chi connectivity index (χ2v) is 6.17. The molecule has 0 aliphatic carbocycles. The molecule has 0 unspecified atom stereocenters. The van der Waals surface area contributed by atoms with Gasteiger partial charge in [0, 0.05) is 21.8 Å². The number of nitrogens with one attached hydrogen (secondary N) is 1. The van der Waals surface area contributed by atoms with E-state index in [4.69, 9.17) is 21.1 Å². The zero-order valence-corrected chi connectivity index (χ0v) is 15.3. The second kappa shape index (κ2) is 8.56. The Labute approximate surface area is 161 Å². The molecule has 0 radical (unpaired) electrons. The smallest absolute Gasteiger partial charge is 0.255 e. The summed E-state index contributed by atoms with van der Waals surface area (Å²) in [4.78, 5) is 12.5. The number of hydrogen-bond donors (Lipinski definition) is 1. The highest BCUT2D eigenvalue weighted by Gasteiger charge is 2.11. The average molecular weight is 386 g/mol. The van der Waals surface area contributed by atoms with E-state index in [1.165, 1.54) is 24.3 Å². The summed E-state index contributed by atoms with van der Waals surface area (Å²) in [7, 11) is 1.55. The summed E-state index contributed by atoms with van der Waals surface area (Å²) in [6.45, 7) is 0.225. The van der Waals surface area contributed by atoms with Crippen molar-refractivity contribution in [3.05, 3.63) is 88.7 Å². The summed E-state index contributed by atoms with van der Waals surface area (Å²) in [6.07, 6.45) is 0. The number of halogens is 2. The largest absolute Gasteiger partial charge is 0.496 e. The van der Waals surface area contributed by atoms with Gasteiger partial charge >= 0.3 is 0 Å². The van der Waals surface area contributed by atoms with Crippen molar-refractivity contribution in [2.75, 3.05) is 12.4 Å². The predicted molar refractivity (Wildman–Crippen MR) is 103 cm³/mol. The third-order valence-corrected chi connectivity index (χ3v) is 4.10. The van der Waals surface area contributed by atoms with Crippen LogP contribution in [0.2, 0.25) is 5.02 Å². The fraction of sp³-hybridized carbons (Fsp3) is 0.0952. The van der Waals surface area contributed by atoms with E-state index in [0.29, 0.717) is 27.8 Å². The van der Waals surface area contributed by atoms with E-state index in [1.54, 1.807) is 49.6 Å². The van der Waals surface area contributed by atoms with Crippen LogP contribution >= 0.6 is 11.6 Å². The molecule has 0 aromatic heterocycles. The summed E-state index contributed by atoms with van der Waals surface area (Å²) >= 11 is 5.87. The van der Waals surface area contributed by atoms with Crippen LogP contribution in [-0.2, 0) is 6.61 Å². The van der Waals surface area contributed by atoms with Crippen LogP contribution < -0.4 is 14.8 Å². The minimum Gasteiger partial charge on any atom is -0.496 e. The maximum atomic E-state index is 13.0. The molecule has 3 rings (SSSR count). The lowest BCUT2D eigenvalue weighted by atomic mass is 10.1. The molecular weight excluding hydrogens is 369 g/mol. The molecule has 0 saturated heterocycles. The maximum absolute atomic E-state index is 13.0. The van der Waals surface area contributed by atoms with E-state index < -0.39 is 0 Å². The lowest BCUT2D eigenvalue weighted by Gasteiger charge is -2.12. The molecule has 0 aliphatic rings. The molecule has 0 aliphatic heterocycles. The van der Waals surface area contributed by atoms with Gasteiger partial charge in [0.2, 0.25) is 0 Å². The highest BCUT2D eigenvalue weighted by atomic mass is 35.5. The Morgan fingerprint density at radius 2 is 1.74 bits per heavy atom. The van der Waals surface area contributed by atoms with Gasteiger partial charge in [0.05, 0.1) is 7.11 Å². The fourth-order valence-electron chi connectivity index (χ4n) is 2.46. The molecule has 27 heavy (non-hydrogen) atoms. The maximum Gasteiger partial charge on any atom is 0.255 e. The molecule has 0 saturated carbocycles. The SMILES string of the molecule is COc1ccc(C(=O)Nc2ccc(F)cc2)cc1COc1ccc(Cl)cc1. The molecule has 1 amide bonds. The molecule has 138 valence electrons. The molecule has 4 nitrogen and oxygen atoms in total. The molecule has 0 atom stereocenters. The average Bonchev–Trinajstić information content (AvgIpc) is 2.69. The van der Waals surface area contributed by atoms with Crippen LogP contribution in [0.3, 0.4) is 0 Å². The number of ether oxygens (including phenoxy) is 2. The van der Waals surface area contributed by atoms with E-state index >= 15 is 0 Å². The monoisotopic (exact) mass is 385 g/mol. The molecule has 0 spiro atoms. The van der Waals surface area contributed by atoms with Crippen LogP contribution in [-0.4, -0.2) is 13.0 Å². The third kappa shape index (κ3) is 4.99. The number of methoxy groups -OCH3 is 1. The second-order valence-electron chi connectivity index (χ2n) is 5.73. The van der Waals surface area contributed by atoms with Crippen LogP contribution in [0, 0.1) is 5.82 Å². The molecule has 0 fully saturated rings. The predicted octanol–water partition coefficient (Wildman–Crippen LogP) is 5.32. The summed E-state index contributed by atoms with van der Waals surface area (Å²) in [5.74, 6) is 0.598.